The van der Waals surface area contributed by atoms with Crippen molar-refractivity contribution >= 4 is 12.3 Å². The van der Waals surface area contributed by atoms with Gasteiger partial charge in [-0.15, -0.1) is 0 Å². The summed E-state index contributed by atoms with van der Waals surface area (Å²) in [5, 5.41) is 53.5. The number of aliphatic hydroxyl groups is 6. The van der Waals surface area contributed by atoms with Crippen LogP contribution in [-0.2, 0) is 14.3 Å². The van der Waals surface area contributed by atoms with Gasteiger partial charge in [0.1, 0.15) is 18.3 Å². The van der Waals surface area contributed by atoms with Gasteiger partial charge < -0.3 is 35.4 Å². The van der Waals surface area contributed by atoms with Crippen LogP contribution in [0.4, 0.5) is 0 Å². The number of aliphatic hydroxyl groups excluding tert-OH is 6. The van der Waals surface area contributed by atoms with Crippen molar-refractivity contribution in [2.24, 2.45) is 0 Å². The Bertz CT molecular complexity index is 269. The molecule has 0 aromatic heterocycles. The fourth-order valence-corrected chi connectivity index (χ4v) is 0.995. The van der Waals surface area contributed by atoms with Gasteiger partial charge in [-0.05, 0) is 0 Å². The molecule has 0 amide bonds. The lowest BCUT2D eigenvalue weighted by molar-refractivity contribution is -0.176. The second kappa shape index (κ2) is 8.08. The molecule has 5 atom stereocenters. The zero-order chi connectivity index (χ0) is 14.3. The van der Waals surface area contributed by atoms with Gasteiger partial charge in [0.2, 0.25) is 0 Å². The molecule has 0 heterocycles. The lowest BCUT2D eigenvalue weighted by Crippen LogP contribution is -2.49. The van der Waals surface area contributed by atoms with Crippen LogP contribution in [0.2, 0.25) is 0 Å². The maximum absolute atomic E-state index is 11.0. The molecule has 0 aromatic carbocycles. The van der Waals surface area contributed by atoms with Gasteiger partial charge in [-0.25, -0.2) is 4.79 Å². The average molecular weight is 268 g/mol. The second-order valence-electron chi connectivity index (χ2n) is 3.47. The van der Waals surface area contributed by atoms with Crippen LogP contribution < -0.4 is 0 Å². The Balaban J connectivity index is 4.58. The first-order chi connectivity index (χ1) is 8.38. The number of rotatable bonds is 8. The van der Waals surface area contributed by atoms with E-state index in [-0.39, 0.29) is 6.29 Å². The van der Waals surface area contributed by atoms with Gasteiger partial charge in [-0.2, -0.15) is 0 Å². The fraction of sp³-hybridized carbons (Fsp3) is 0.778. The molecule has 0 spiro atoms. The zero-order valence-corrected chi connectivity index (χ0v) is 9.29. The summed E-state index contributed by atoms with van der Waals surface area (Å²) in [5.41, 5.74) is 0. The number of carbonyl (C=O) groups excluding carboxylic acids is 2. The van der Waals surface area contributed by atoms with Crippen molar-refractivity contribution in [1.29, 1.82) is 0 Å². The van der Waals surface area contributed by atoms with Crippen molar-refractivity contribution in [3.63, 3.8) is 0 Å². The molecule has 1 unspecified atom stereocenters. The summed E-state index contributed by atoms with van der Waals surface area (Å²) >= 11 is 0. The van der Waals surface area contributed by atoms with E-state index in [1.54, 1.807) is 0 Å². The molecule has 0 saturated heterocycles. The highest BCUT2D eigenvalue weighted by atomic mass is 16.6. The summed E-state index contributed by atoms with van der Waals surface area (Å²) < 4.78 is 4.31. The quantitative estimate of drug-likeness (QED) is 0.188. The minimum Gasteiger partial charge on any atom is -0.450 e. The molecule has 106 valence electrons. The van der Waals surface area contributed by atoms with Crippen LogP contribution in [0.1, 0.15) is 0 Å². The first kappa shape index (κ1) is 16.9. The van der Waals surface area contributed by atoms with E-state index in [0.717, 1.165) is 0 Å². The third-order valence-electron chi connectivity index (χ3n) is 2.10. The Hall–Kier alpha value is -1.10. The summed E-state index contributed by atoms with van der Waals surface area (Å²) in [7, 11) is 0. The van der Waals surface area contributed by atoms with E-state index < -0.39 is 49.7 Å². The van der Waals surface area contributed by atoms with Gasteiger partial charge in [0.05, 0.1) is 13.2 Å². The third-order valence-corrected chi connectivity index (χ3v) is 2.10. The molecular weight excluding hydrogens is 252 g/mol. The second-order valence-corrected chi connectivity index (χ2v) is 3.47. The first-order valence-electron chi connectivity index (χ1n) is 4.98. The highest BCUT2D eigenvalue weighted by Crippen LogP contribution is 2.08. The normalized spacial score (nSPS) is 19.4. The standard InChI is InChI=1S/C9H16O9/c10-1-4(13)7(15)8(16)6(3-12)18-9(17)5(14)2-11/h3-8,10-11,13-16H,1-2H2/t4-,5?,6+,7+,8-/m1/s1. The molecule has 0 aliphatic rings. The van der Waals surface area contributed by atoms with E-state index in [0.29, 0.717) is 0 Å². The minimum atomic E-state index is -1.99. The van der Waals surface area contributed by atoms with Gasteiger partial charge in [0.25, 0.3) is 0 Å². The van der Waals surface area contributed by atoms with E-state index >= 15 is 0 Å². The zero-order valence-electron chi connectivity index (χ0n) is 9.29. The smallest absolute Gasteiger partial charge is 0.338 e. The summed E-state index contributed by atoms with van der Waals surface area (Å²) in [4.78, 5) is 21.6. The van der Waals surface area contributed by atoms with Gasteiger partial charge in [-0.1, -0.05) is 0 Å². The Morgan fingerprint density at radius 3 is 2.00 bits per heavy atom. The molecule has 0 fully saturated rings. The van der Waals surface area contributed by atoms with Crippen LogP contribution in [0, 0.1) is 0 Å². The fourth-order valence-electron chi connectivity index (χ4n) is 0.995. The van der Waals surface area contributed by atoms with E-state index in [1.807, 2.05) is 0 Å². The topological polar surface area (TPSA) is 165 Å². The van der Waals surface area contributed by atoms with Crippen molar-refractivity contribution in [2.75, 3.05) is 13.2 Å². The predicted molar refractivity (Wildman–Crippen MR) is 54.1 cm³/mol. The van der Waals surface area contributed by atoms with Crippen LogP contribution in [0.15, 0.2) is 0 Å². The maximum Gasteiger partial charge on any atom is 0.338 e. The summed E-state index contributed by atoms with van der Waals surface area (Å²) in [6.45, 7) is -1.82. The number of ether oxygens (including phenoxy) is 1. The highest BCUT2D eigenvalue weighted by molar-refractivity contribution is 5.77. The van der Waals surface area contributed by atoms with E-state index in [4.69, 9.17) is 20.4 Å². The number of hydrogen-bond donors (Lipinski definition) is 6. The Morgan fingerprint density at radius 1 is 1.06 bits per heavy atom. The number of carbonyl (C=O) groups is 2. The van der Waals surface area contributed by atoms with Crippen LogP contribution in [0.3, 0.4) is 0 Å². The molecule has 0 aliphatic carbocycles. The molecule has 0 bridgehead atoms. The van der Waals surface area contributed by atoms with Gasteiger partial charge in [0.15, 0.2) is 18.5 Å². The lowest BCUT2D eigenvalue weighted by atomic mass is 10.0. The lowest BCUT2D eigenvalue weighted by Gasteiger charge is -2.25. The molecular formula is C9H16O9. The van der Waals surface area contributed by atoms with Crippen molar-refractivity contribution in [3.05, 3.63) is 0 Å². The summed E-state index contributed by atoms with van der Waals surface area (Å²) in [5.74, 6) is -1.38. The largest absolute Gasteiger partial charge is 0.450 e. The van der Waals surface area contributed by atoms with Crippen LogP contribution in [0.25, 0.3) is 0 Å². The van der Waals surface area contributed by atoms with Crippen molar-refractivity contribution < 1.29 is 45.0 Å². The number of hydrogen-bond acceptors (Lipinski definition) is 9. The molecule has 0 aromatic rings. The van der Waals surface area contributed by atoms with Crippen molar-refractivity contribution in [1.82, 2.24) is 0 Å². The van der Waals surface area contributed by atoms with Gasteiger partial charge in [-0.3, -0.25) is 4.79 Å². The van der Waals surface area contributed by atoms with Gasteiger partial charge >= 0.3 is 5.97 Å². The Morgan fingerprint density at radius 2 is 1.61 bits per heavy atom. The highest BCUT2D eigenvalue weighted by Gasteiger charge is 2.34. The first-order valence-corrected chi connectivity index (χ1v) is 4.98. The summed E-state index contributed by atoms with van der Waals surface area (Å²) in [6.07, 6.45) is -9.41. The summed E-state index contributed by atoms with van der Waals surface area (Å²) in [6, 6.07) is 0. The third kappa shape index (κ3) is 4.64. The SMILES string of the molecule is O=C[C@H](OC(=O)C(O)CO)[C@@H](O)[C@@H](O)[C@H](O)CO. The predicted octanol–water partition coefficient (Wildman–Crippen LogP) is -4.47. The molecule has 9 heteroatoms. The van der Waals surface area contributed by atoms with Crippen LogP contribution in [-0.4, -0.2) is 86.6 Å². The Labute approximate surface area is 102 Å². The van der Waals surface area contributed by atoms with Crippen LogP contribution >= 0.6 is 0 Å². The molecule has 0 aliphatic heterocycles. The van der Waals surface area contributed by atoms with E-state index in [2.05, 4.69) is 4.74 Å². The van der Waals surface area contributed by atoms with E-state index in [9.17, 15) is 19.8 Å². The van der Waals surface area contributed by atoms with Crippen LogP contribution in [0.5, 0.6) is 0 Å². The average Bonchev–Trinajstić information content (AvgIpc) is 2.40. The van der Waals surface area contributed by atoms with Crippen molar-refractivity contribution in [3.8, 4) is 0 Å². The van der Waals surface area contributed by atoms with Gasteiger partial charge in [0, 0.05) is 0 Å². The molecule has 0 rings (SSSR count). The molecule has 6 N–H and O–H groups in total. The van der Waals surface area contributed by atoms with E-state index in [1.165, 1.54) is 0 Å². The Kier molecular flexibility index (Phi) is 7.59. The maximum atomic E-state index is 11.0. The molecule has 0 radical (unpaired) electrons. The molecule has 0 saturated carbocycles. The molecule has 18 heavy (non-hydrogen) atoms. The monoisotopic (exact) mass is 268 g/mol. The minimum absolute atomic E-state index is 0.0278. The number of aldehydes is 1. The van der Waals surface area contributed by atoms with Crippen molar-refractivity contribution in [2.45, 2.75) is 30.5 Å². The number of esters is 1. The molecule has 9 nitrogen and oxygen atoms in total.